The summed E-state index contributed by atoms with van der Waals surface area (Å²) in [6, 6.07) is 8.63. The third-order valence-electron chi connectivity index (χ3n) is 4.22. The molecule has 0 atom stereocenters. The number of pyridine rings is 1. The minimum atomic E-state index is -0.430. The maximum atomic E-state index is 14.2. The van der Waals surface area contributed by atoms with Crippen molar-refractivity contribution in [3.05, 3.63) is 54.1 Å². The van der Waals surface area contributed by atoms with Crippen molar-refractivity contribution < 1.29 is 9.18 Å². The lowest BCUT2D eigenvalue weighted by Crippen LogP contribution is -2.15. The lowest BCUT2D eigenvalue weighted by molar-refractivity contribution is -0.113. The van der Waals surface area contributed by atoms with Crippen LogP contribution in [-0.2, 0) is 11.3 Å². The van der Waals surface area contributed by atoms with Crippen molar-refractivity contribution in [2.75, 3.05) is 11.1 Å². The van der Waals surface area contributed by atoms with E-state index in [1.54, 1.807) is 18.5 Å². The van der Waals surface area contributed by atoms with Crippen molar-refractivity contribution >= 4 is 23.4 Å². The summed E-state index contributed by atoms with van der Waals surface area (Å²) in [5.74, 6) is 0.310. The monoisotopic (exact) mass is 399 g/mol. The van der Waals surface area contributed by atoms with E-state index in [1.807, 2.05) is 43.5 Å². The first kappa shape index (κ1) is 20.0. The maximum absolute atomic E-state index is 14.2. The van der Waals surface area contributed by atoms with Crippen molar-refractivity contribution in [1.29, 1.82) is 0 Å². The van der Waals surface area contributed by atoms with Crippen LogP contribution in [0.1, 0.15) is 32.3 Å². The summed E-state index contributed by atoms with van der Waals surface area (Å²) in [5.41, 5.74) is 1.94. The number of halogens is 1. The Morgan fingerprint density at radius 3 is 2.75 bits per heavy atom. The fourth-order valence-corrected chi connectivity index (χ4v) is 3.50. The van der Waals surface area contributed by atoms with E-state index >= 15 is 0 Å². The zero-order valence-corrected chi connectivity index (χ0v) is 16.8. The number of carbonyl (C=O) groups excluding carboxylic acids is 1. The van der Waals surface area contributed by atoms with Gasteiger partial charge >= 0.3 is 0 Å². The van der Waals surface area contributed by atoms with E-state index in [-0.39, 0.29) is 23.3 Å². The molecule has 3 aromatic rings. The molecule has 8 heteroatoms. The van der Waals surface area contributed by atoms with E-state index in [9.17, 15) is 9.18 Å². The van der Waals surface area contributed by atoms with Gasteiger partial charge in [0.1, 0.15) is 5.82 Å². The molecule has 0 fully saturated rings. The normalized spacial score (nSPS) is 11.0. The summed E-state index contributed by atoms with van der Waals surface area (Å²) in [4.78, 5) is 16.4. The highest BCUT2D eigenvalue weighted by Gasteiger charge is 2.15. The number of rotatable bonds is 7. The van der Waals surface area contributed by atoms with Crippen molar-refractivity contribution in [2.45, 2.75) is 38.4 Å². The number of nitrogens with one attached hydrogen (secondary N) is 1. The molecule has 2 aromatic heterocycles. The van der Waals surface area contributed by atoms with E-state index < -0.39 is 5.82 Å². The first-order valence-corrected chi connectivity index (χ1v) is 10.0. The largest absolute Gasteiger partial charge is 0.323 e. The molecule has 0 aliphatic rings. The molecule has 2 heterocycles. The Kier molecular flexibility index (Phi) is 6.41. The van der Waals surface area contributed by atoms with Gasteiger partial charge in [0, 0.05) is 24.5 Å². The van der Waals surface area contributed by atoms with E-state index in [0.29, 0.717) is 17.5 Å². The zero-order chi connectivity index (χ0) is 20.1. The first-order valence-electron chi connectivity index (χ1n) is 9.05. The summed E-state index contributed by atoms with van der Waals surface area (Å²) in [6.07, 6.45) is 3.42. The second kappa shape index (κ2) is 8.97. The number of hydrogen-bond acceptors (Lipinski definition) is 5. The lowest BCUT2D eigenvalue weighted by atomic mass is 10.0. The van der Waals surface area contributed by atoms with Crippen molar-refractivity contribution in [3.63, 3.8) is 0 Å². The quantitative estimate of drug-likeness (QED) is 0.598. The Bertz CT molecular complexity index is 958. The van der Waals surface area contributed by atoms with E-state index in [1.165, 1.54) is 17.8 Å². The van der Waals surface area contributed by atoms with Gasteiger partial charge in [-0.05, 0) is 42.7 Å². The number of amides is 1. The highest BCUT2D eigenvalue weighted by molar-refractivity contribution is 7.99. The van der Waals surface area contributed by atoms with Gasteiger partial charge in [-0.15, -0.1) is 10.2 Å². The number of benzene rings is 1. The highest BCUT2D eigenvalue weighted by Crippen LogP contribution is 2.24. The van der Waals surface area contributed by atoms with Crippen LogP contribution in [0.2, 0.25) is 0 Å². The molecule has 0 aliphatic heterocycles. The summed E-state index contributed by atoms with van der Waals surface area (Å²) in [5, 5.41) is 11.7. The Morgan fingerprint density at radius 2 is 2.11 bits per heavy atom. The second-order valence-electron chi connectivity index (χ2n) is 6.52. The SMILES string of the molecule is CCn1c(SCC(=O)Nc2ccc(C(C)C)cc2F)nnc1-c1cccnc1. The van der Waals surface area contributed by atoms with E-state index in [0.717, 1.165) is 11.1 Å². The number of anilines is 1. The molecule has 1 amide bonds. The maximum Gasteiger partial charge on any atom is 0.234 e. The van der Waals surface area contributed by atoms with Gasteiger partial charge in [0.15, 0.2) is 11.0 Å². The van der Waals surface area contributed by atoms with Crippen LogP contribution in [0, 0.1) is 5.82 Å². The Morgan fingerprint density at radius 1 is 1.29 bits per heavy atom. The Balaban J connectivity index is 1.66. The molecule has 0 unspecified atom stereocenters. The number of hydrogen-bond donors (Lipinski definition) is 1. The van der Waals surface area contributed by atoms with Crippen LogP contribution in [0.5, 0.6) is 0 Å². The van der Waals surface area contributed by atoms with Crippen molar-refractivity contribution in [1.82, 2.24) is 19.7 Å². The Labute approximate surface area is 167 Å². The Hall–Kier alpha value is -2.74. The fraction of sp³-hybridized carbons (Fsp3) is 0.300. The molecule has 6 nitrogen and oxygen atoms in total. The molecule has 0 saturated carbocycles. The van der Waals surface area contributed by atoms with Gasteiger partial charge in [-0.1, -0.05) is 31.7 Å². The molecule has 146 valence electrons. The second-order valence-corrected chi connectivity index (χ2v) is 7.47. The third-order valence-corrected chi connectivity index (χ3v) is 5.19. The number of aromatic nitrogens is 4. The molecule has 0 saturated heterocycles. The minimum Gasteiger partial charge on any atom is -0.323 e. The van der Waals surface area contributed by atoms with Crippen molar-refractivity contribution in [3.8, 4) is 11.4 Å². The van der Waals surface area contributed by atoms with Gasteiger partial charge in [0.25, 0.3) is 0 Å². The summed E-state index contributed by atoms with van der Waals surface area (Å²) < 4.78 is 16.1. The lowest BCUT2D eigenvalue weighted by Gasteiger charge is -2.10. The van der Waals surface area contributed by atoms with Crippen LogP contribution >= 0.6 is 11.8 Å². The molecule has 0 spiro atoms. The van der Waals surface area contributed by atoms with Crippen LogP contribution in [0.4, 0.5) is 10.1 Å². The van der Waals surface area contributed by atoms with Crippen molar-refractivity contribution in [2.24, 2.45) is 0 Å². The van der Waals surface area contributed by atoms with Gasteiger partial charge in [-0.3, -0.25) is 9.78 Å². The van der Waals surface area contributed by atoms with Crippen LogP contribution < -0.4 is 5.32 Å². The van der Waals surface area contributed by atoms with Crippen LogP contribution in [-0.4, -0.2) is 31.4 Å². The molecule has 28 heavy (non-hydrogen) atoms. The summed E-state index contributed by atoms with van der Waals surface area (Å²) in [6.45, 7) is 6.63. The molecule has 0 bridgehead atoms. The molecule has 1 N–H and O–H groups in total. The molecular weight excluding hydrogens is 377 g/mol. The predicted octanol–water partition coefficient (Wildman–Crippen LogP) is 4.35. The predicted molar refractivity (Wildman–Crippen MR) is 109 cm³/mol. The van der Waals surface area contributed by atoms with Gasteiger partial charge in [0.05, 0.1) is 11.4 Å². The summed E-state index contributed by atoms with van der Waals surface area (Å²) >= 11 is 1.26. The third kappa shape index (κ3) is 4.56. The highest BCUT2D eigenvalue weighted by atomic mass is 32.2. The zero-order valence-electron chi connectivity index (χ0n) is 16.0. The topological polar surface area (TPSA) is 72.7 Å². The average Bonchev–Trinajstić information content (AvgIpc) is 3.11. The number of nitrogens with zero attached hydrogens (tertiary/aromatic N) is 4. The van der Waals surface area contributed by atoms with Crippen LogP contribution in [0.3, 0.4) is 0 Å². The van der Waals surface area contributed by atoms with E-state index in [4.69, 9.17) is 0 Å². The molecule has 0 aliphatic carbocycles. The fourth-order valence-electron chi connectivity index (χ4n) is 2.70. The van der Waals surface area contributed by atoms with Gasteiger partial charge < -0.3 is 9.88 Å². The van der Waals surface area contributed by atoms with Gasteiger partial charge in [-0.2, -0.15) is 0 Å². The standard InChI is InChI=1S/C20H22FN5OS/c1-4-26-19(15-6-5-9-22-11-15)24-25-20(26)28-12-18(27)23-17-8-7-14(13(2)3)10-16(17)21/h5-11,13H,4,12H2,1-3H3,(H,23,27). The van der Waals surface area contributed by atoms with Crippen LogP contribution in [0.25, 0.3) is 11.4 Å². The van der Waals surface area contributed by atoms with E-state index in [2.05, 4.69) is 20.5 Å². The molecule has 1 aromatic carbocycles. The van der Waals surface area contributed by atoms with Gasteiger partial charge in [-0.25, -0.2) is 4.39 Å². The van der Waals surface area contributed by atoms with Gasteiger partial charge in [0.2, 0.25) is 5.91 Å². The summed E-state index contributed by atoms with van der Waals surface area (Å²) in [7, 11) is 0. The number of carbonyl (C=O) groups is 1. The first-order chi connectivity index (χ1) is 13.5. The average molecular weight is 399 g/mol. The molecule has 3 rings (SSSR count). The molecule has 0 radical (unpaired) electrons. The smallest absolute Gasteiger partial charge is 0.234 e. The molecular formula is C20H22FN5OS. The minimum absolute atomic E-state index is 0.108. The number of thioether (sulfide) groups is 1. The van der Waals surface area contributed by atoms with Crippen LogP contribution in [0.15, 0.2) is 47.9 Å².